The third-order valence-electron chi connectivity index (χ3n) is 6.95. The fourth-order valence-corrected chi connectivity index (χ4v) is 6.32. The fourth-order valence-electron chi connectivity index (χ4n) is 5.78. The summed E-state index contributed by atoms with van der Waals surface area (Å²) < 4.78 is 5.10. The highest BCUT2D eigenvalue weighted by Crippen LogP contribution is 2.62. The fraction of sp³-hybridized carbons (Fsp3) is 0.636. The van der Waals surface area contributed by atoms with Crippen LogP contribution in [0.5, 0.6) is 0 Å². The minimum absolute atomic E-state index is 0.0327. The molecule has 142 valence electrons. The Hall–Kier alpha value is -1.35. The Kier molecular flexibility index (Phi) is 4.98. The average molecular weight is 377 g/mol. The van der Waals surface area contributed by atoms with Crippen LogP contribution in [0.4, 0.5) is 0 Å². The van der Waals surface area contributed by atoms with Gasteiger partial charge in [-0.2, -0.15) is 0 Å². The van der Waals surface area contributed by atoms with Crippen molar-refractivity contribution >= 4 is 23.2 Å². The number of ether oxygens (including phenoxy) is 1. The van der Waals surface area contributed by atoms with E-state index in [0.29, 0.717) is 22.4 Å². The summed E-state index contributed by atoms with van der Waals surface area (Å²) in [5.74, 6) is 0.372. The Morgan fingerprint density at radius 2 is 1.85 bits per heavy atom. The summed E-state index contributed by atoms with van der Waals surface area (Å²) in [5.41, 5.74) is 1.68. The highest BCUT2D eigenvalue weighted by molar-refractivity contribution is 6.38. The van der Waals surface area contributed by atoms with E-state index in [0.717, 1.165) is 24.8 Å². The summed E-state index contributed by atoms with van der Waals surface area (Å²) in [7, 11) is 1.41. The molecule has 4 heteroatoms. The van der Waals surface area contributed by atoms with E-state index >= 15 is 0 Å². The minimum atomic E-state index is -0.294. The molecule has 0 bridgehead atoms. The highest BCUT2D eigenvalue weighted by atomic mass is 35.5. The molecule has 0 spiro atoms. The lowest BCUT2D eigenvalue weighted by Crippen LogP contribution is -2.47. The first-order chi connectivity index (χ1) is 12.1. The van der Waals surface area contributed by atoms with Crippen molar-refractivity contribution in [3.05, 3.63) is 34.1 Å². The van der Waals surface area contributed by atoms with Crippen molar-refractivity contribution in [1.29, 1.82) is 0 Å². The van der Waals surface area contributed by atoms with Crippen molar-refractivity contribution in [2.45, 2.75) is 59.8 Å². The van der Waals surface area contributed by atoms with Crippen LogP contribution in [0.25, 0.3) is 0 Å². The van der Waals surface area contributed by atoms with Gasteiger partial charge in [0.25, 0.3) is 0 Å². The van der Waals surface area contributed by atoms with Crippen LogP contribution in [0.3, 0.4) is 0 Å². The summed E-state index contributed by atoms with van der Waals surface area (Å²) in [6.45, 7) is 9.23. The molecule has 3 aliphatic carbocycles. The number of allylic oxidation sites excluding steroid dienone is 5. The maximum atomic E-state index is 12.8. The molecule has 0 aromatic carbocycles. The number of halogens is 1. The molecule has 2 fully saturated rings. The lowest BCUT2D eigenvalue weighted by molar-refractivity contribution is -0.117. The lowest BCUT2D eigenvalue weighted by Gasteiger charge is -2.56. The zero-order chi connectivity index (χ0) is 19.3. The maximum absolute atomic E-state index is 12.8. The summed E-state index contributed by atoms with van der Waals surface area (Å²) in [4.78, 5) is 24.8. The van der Waals surface area contributed by atoms with Crippen molar-refractivity contribution in [2.75, 3.05) is 7.11 Å². The van der Waals surface area contributed by atoms with Crippen LogP contribution in [0, 0.1) is 22.7 Å². The number of carbonyl (C=O) groups is 2. The van der Waals surface area contributed by atoms with E-state index in [1.54, 1.807) is 0 Å². The molecule has 2 saturated carbocycles. The Morgan fingerprint density at radius 3 is 2.50 bits per heavy atom. The predicted molar refractivity (Wildman–Crippen MR) is 104 cm³/mol. The number of hydrogen-bond acceptors (Lipinski definition) is 3. The zero-order valence-electron chi connectivity index (χ0n) is 16.4. The second-order valence-corrected chi connectivity index (χ2v) is 9.40. The van der Waals surface area contributed by atoms with Gasteiger partial charge in [-0.05, 0) is 60.0 Å². The van der Waals surface area contributed by atoms with E-state index < -0.39 is 0 Å². The molecule has 0 N–H and O–H groups in total. The second-order valence-electron chi connectivity index (χ2n) is 9.02. The predicted octanol–water partition coefficient (Wildman–Crippen LogP) is 5.35. The first-order valence-corrected chi connectivity index (χ1v) is 9.96. The SMILES string of the molecule is COC1=CC(=O)C=C(/C(Cl)=C2/[C@@H](C)CCC3C(C)(C)CCC[C@]23C)C1=O. The van der Waals surface area contributed by atoms with E-state index in [9.17, 15) is 9.59 Å². The maximum Gasteiger partial charge on any atom is 0.229 e. The van der Waals surface area contributed by atoms with Gasteiger partial charge in [0.15, 0.2) is 11.5 Å². The molecule has 3 nitrogen and oxygen atoms in total. The van der Waals surface area contributed by atoms with Crippen molar-refractivity contribution in [3.63, 3.8) is 0 Å². The third-order valence-corrected chi connectivity index (χ3v) is 7.35. The zero-order valence-corrected chi connectivity index (χ0v) is 17.2. The second kappa shape index (κ2) is 6.67. The smallest absolute Gasteiger partial charge is 0.229 e. The van der Waals surface area contributed by atoms with Crippen molar-refractivity contribution in [2.24, 2.45) is 22.7 Å². The Balaban J connectivity index is 2.12. The van der Waals surface area contributed by atoms with Crippen molar-refractivity contribution < 1.29 is 14.3 Å². The molecule has 3 rings (SSSR count). The summed E-state index contributed by atoms with van der Waals surface area (Å²) in [6, 6.07) is 0. The standard InChI is InChI=1S/C22H29ClO3/c1-13-7-8-17-21(2,3)9-6-10-22(17,4)18(13)19(23)15-11-14(24)12-16(26-5)20(15)25/h11-13,17H,6-10H2,1-5H3/b19-18+/t13-,17?,22-/m0/s1. The van der Waals surface area contributed by atoms with Gasteiger partial charge < -0.3 is 4.74 Å². The number of hydrogen-bond donors (Lipinski definition) is 0. The van der Waals surface area contributed by atoms with Gasteiger partial charge in [0.1, 0.15) is 0 Å². The molecular formula is C22H29ClO3. The molecule has 3 atom stereocenters. The molecule has 0 amide bonds. The molecule has 1 unspecified atom stereocenters. The number of carbonyl (C=O) groups excluding carboxylic acids is 2. The van der Waals surface area contributed by atoms with Crippen LogP contribution in [0.1, 0.15) is 59.8 Å². The summed E-state index contributed by atoms with van der Waals surface area (Å²) in [6.07, 6.45) is 8.33. The first kappa shape index (κ1) is 19.4. The van der Waals surface area contributed by atoms with Crippen molar-refractivity contribution in [3.8, 4) is 0 Å². The monoisotopic (exact) mass is 376 g/mol. The Bertz CT molecular complexity index is 740. The van der Waals surface area contributed by atoms with Gasteiger partial charge in [-0.1, -0.05) is 45.7 Å². The molecule has 0 aromatic rings. The molecule has 0 aliphatic heterocycles. The Morgan fingerprint density at radius 1 is 1.15 bits per heavy atom. The van der Waals surface area contributed by atoms with E-state index in [1.165, 1.54) is 32.1 Å². The van der Waals surface area contributed by atoms with Crippen LogP contribution in [-0.2, 0) is 14.3 Å². The largest absolute Gasteiger partial charge is 0.492 e. The topological polar surface area (TPSA) is 43.4 Å². The molecule has 0 saturated heterocycles. The van der Waals surface area contributed by atoms with E-state index in [4.69, 9.17) is 16.3 Å². The molecule has 3 aliphatic rings. The molecule has 26 heavy (non-hydrogen) atoms. The number of fused-ring (bicyclic) bond motifs is 1. The van der Waals surface area contributed by atoms with Crippen LogP contribution < -0.4 is 0 Å². The normalized spacial score (nSPS) is 36.1. The number of rotatable bonds is 2. The molecule has 0 aromatic heterocycles. The first-order valence-electron chi connectivity index (χ1n) is 9.58. The van der Waals surface area contributed by atoms with Crippen molar-refractivity contribution in [1.82, 2.24) is 0 Å². The van der Waals surface area contributed by atoms with Gasteiger partial charge >= 0.3 is 0 Å². The quantitative estimate of drug-likeness (QED) is 0.610. The van der Waals surface area contributed by atoms with Gasteiger partial charge in [-0.25, -0.2) is 0 Å². The number of methoxy groups -OCH3 is 1. The van der Waals surface area contributed by atoms with Crippen LogP contribution >= 0.6 is 11.6 Å². The van der Waals surface area contributed by atoms with Gasteiger partial charge in [0.2, 0.25) is 5.78 Å². The van der Waals surface area contributed by atoms with Gasteiger partial charge in [-0.15, -0.1) is 0 Å². The van der Waals surface area contributed by atoms with Crippen LogP contribution in [-0.4, -0.2) is 18.7 Å². The van der Waals surface area contributed by atoms with Crippen LogP contribution in [0.2, 0.25) is 0 Å². The van der Waals surface area contributed by atoms with Crippen LogP contribution in [0.15, 0.2) is 34.1 Å². The molecular weight excluding hydrogens is 348 g/mol. The number of ketones is 2. The van der Waals surface area contributed by atoms with Gasteiger partial charge in [0, 0.05) is 11.6 Å². The number of Topliss-reactive ketones (excluding diaryl/α,β-unsaturated/α-hetero) is 1. The molecule has 0 radical (unpaired) electrons. The highest BCUT2D eigenvalue weighted by Gasteiger charge is 2.52. The Labute approximate surface area is 161 Å². The lowest BCUT2D eigenvalue weighted by atomic mass is 9.48. The minimum Gasteiger partial charge on any atom is -0.492 e. The summed E-state index contributed by atoms with van der Waals surface area (Å²) in [5, 5.41) is 0.475. The van der Waals surface area contributed by atoms with Gasteiger partial charge in [-0.3, -0.25) is 9.59 Å². The van der Waals surface area contributed by atoms with E-state index in [2.05, 4.69) is 27.7 Å². The van der Waals surface area contributed by atoms with Gasteiger partial charge in [0.05, 0.1) is 12.1 Å². The van der Waals surface area contributed by atoms with E-state index in [1.807, 2.05) is 0 Å². The molecule has 0 heterocycles. The summed E-state index contributed by atoms with van der Waals surface area (Å²) >= 11 is 6.87. The third kappa shape index (κ3) is 2.98. The average Bonchev–Trinajstić information content (AvgIpc) is 2.55. The van der Waals surface area contributed by atoms with E-state index in [-0.39, 0.29) is 28.2 Å².